The van der Waals surface area contributed by atoms with Crippen molar-refractivity contribution in [3.8, 4) is 11.1 Å². The van der Waals surface area contributed by atoms with Crippen LogP contribution in [0.2, 0.25) is 0 Å². The molecule has 1 aliphatic heterocycles. The van der Waals surface area contributed by atoms with E-state index in [0.717, 1.165) is 75.6 Å². The van der Waals surface area contributed by atoms with Gasteiger partial charge in [0.05, 0.1) is 18.8 Å². The normalized spacial score (nSPS) is 28.8. The summed E-state index contributed by atoms with van der Waals surface area (Å²) in [6.07, 6.45) is 7.33. The first-order chi connectivity index (χ1) is 23.9. The summed E-state index contributed by atoms with van der Waals surface area (Å²) in [5.41, 5.74) is 6.06. The molecule has 9 rings (SSSR count). The van der Waals surface area contributed by atoms with Crippen molar-refractivity contribution in [2.45, 2.75) is 87.3 Å². The van der Waals surface area contributed by atoms with E-state index in [4.69, 9.17) is 9.47 Å². The number of hydrogen-bond donors (Lipinski definition) is 3. The van der Waals surface area contributed by atoms with E-state index in [1.165, 1.54) is 19.3 Å². The van der Waals surface area contributed by atoms with Gasteiger partial charge in [0.1, 0.15) is 0 Å². The predicted octanol–water partition coefficient (Wildman–Crippen LogP) is 6.48. The molecule has 2 amide bonds. The lowest BCUT2D eigenvalue weighted by atomic mass is 9.53. The number of carbonyl (C=O) groups is 1. The second kappa shape index (κ2) is 13.9. The Bertz CT molecular complexity index is 1730. The molecule has 3 unspecified atom stereocenters. The van der Waals surface area contributed by atoms with Crippen molar-refractivity contribution in [1.82, 2.24) is 30.8 Å². The number of thioether (sulfide) groups is 1. The molecule has 3 aromatic carbocycles. The van der Waals surface area contributed by atoms with E-state index in [9.17, 15) is 9.90 Å². The number of aryl methyl sites for hydroxylation is 1. The minimum atomic E-state index is -0.557. The summed E-state index contributed by atoms with van der Waals surface area (Å²) in [5, 5.41) is 28.7. The summed E-state index contributed by atoms with van der Waals surface area (Å²) < 4.78 is 14.8. The highest BCUT2D eigenvalue weighted by Crippen LogP contribution is 2.55. The number of aromatic nitrogens is 4. The van der Waals surface area contributed by atoms with Crippen LogP contribution in [0.15, 0.2) is 78.0 Å². The standard InChI is InChI=1S/C38H44N6O4S/c1-44-37(41-42-43-44)49-23-32-17-34(29-8-6-24(22-45)7-9-29)48-35(47-32)30-12-10-28(11-13-30)33-5-3-2-4-31(33)21-39-36(46)40-38-18-25-14-26(19-38)16-27(15-25)20-38/h2-13,25-27,32,34-35,45H,14-23H2,1H3,(H2,39,40,46). The number of urea groups is 1. The molecule has 10 nitrogen and oxygen atoms in total. The van der Waals surface area contributed by atoms with Gasteiger partial charge in [-0.25, -0.2) is 9.48 Å². The highest BCUT2D eigenvalue weighted by Gasteiger charge is 2.51. The number of amides is 2. The van der Waals surface area contributed by atoms with Crippen LogP contribution in [0, 0.1) is 17.8 Å². The van der Waals surface area contributed by atoms with Gasteiger partial charge in [0.2, 0.25) is 5.16 Å². The van der Waals surface area contributed by atoms with Gasteiger partial charge in [-0.2, -0.15) is 0 Å². The molecule has 3 atom stereocenters. The number of nitrogens with one attached hydrogen (secondary N) is 2. The van der Waals surface area contributed by atoms with Gasteiger partial charge in [-0.3, -0.25) is 0 Å². The molecule has 1 saturated heterocycles. The Balaban J connectivity index is 0.949. The van der Waals surface area contributed by atoms with Gasteiger partial charge < -0.3 is 25.2 Å². The lowest BCUT2D eigenvalue weighted by Gasteiger charge is -2.56. The molecule has 256 valence electrons. The third-order valence-corrected chi connectivity index (χ3v) is 12.1. The summed E-state index contributed by atoms with van der Waals surface area (Å²) in [5.74, 6) is 3.04. The van der Waals surface area contributed by atoms with Crippen LogP contribution in [0.1, 0.15) is 79.6 Å². The van der Waals surface area contributed by atoms with Crippen LogP contribution in [0.25, 0.3) is 11.1 Å². The average molecular weight is 681 g/mol. The van der Waals surface area contributed by atoms with Crippen LogP contribution in [-0.2, 0) is 29.7 Å². The van der Waals surface area contributed by atoms with Crippen molar-refractivity contribution in [1.29, 1.82) is 0 Å². The molecule has 4 bridgehead atoms. The summed E-state index contributed by atoms with van der Waals surface area (Å²) in [7, 11) is 1.83. The van der Waals surface area contributed by atoms with Crippen LogP contribution < -0.4 is 10.6 Å². The molecule has 4 aromatic rings. The fraction of sp³-hybridized carbons (Fsp3) is 0.474. The van der Waals surface area contributed by atoms with Gasteiger partial charge in [-0.05, 0) is 94.5 Å². The van der Waals surface area contributed by atoms with E-state index in [1.807, 2.05) is 43.4 Å². The van der Waals surface area contributed by atoms with Crippen molar-refractivity contribution >= 4 is 17.8 Å². The Labute approximate surface area is 291 Å². The number of aliphatic hydroxyl groups excluding tert-OH is 1. The summed E-state index contributed by atoms with van der Waals surface area (Å²) in [6.45, 7) is 0.464. The van der Waals surface area contributed by atoms with Gasteiger partial charge >= 0.3 is 6.03 Å². The van der Waals surface area contributed by atoms with Crippen LogP contribution >= 0.6 is 11.8 Å². The zero-order valence-electron chi connectivity index (χ0n) is 27.8. The molecular formula is C38H44N6O4S. The Morgan fingerprint density at radius 1 is 0.918 bits per heavy atom. The maximum Gasteiger partial charge on any atom is 0.315 e. The van der Waals surface area contributed by atoms with Gasteiger partial charge in [-0.15, -0.1) is 5.10 Å². The van der Waals surface area contributed by atoms with E-state index in [2.05, 4.69) is 62.6 Å². The summed E-state index contributed by atoms with van der Waals surface area (Å²) >= 11 is 1.56. The Kier molecular flexibility index (Phi) is 9.17. The van der Waals surface area contributed by atoms with Crippen LogP contribution in [0.4, 0.5) is 4.79 Å². The maximum absolute atomic E-state index is 13.2. The molecule has 5 aliphatic rings. The Morgan fingerprint density at radius 3 is 2.29 bits per heavy atom. The number of benzene rings is 3. The predicted molar refractivity (Wildman–Crippen MR) is 186 cm³/mol. The minimum Gasteiger partial charge on any atom is -0.392 e. The number of hydrogen-bond acceptors (Lipinski definition) is 8. The molecule has 49 heavy (non-hydrogen) atoms. The fourth-order valence-electron chi connectivity index (χ4n) is 9.03. The van der Waals surface area contributed by atoms with E-state index in [-0.39, 0.29) is 30.4 Å². The fourth-order valence-corrected chi connectivity index (χ4v) is 9.90. The molecule has 4 saturated carbocycles. The number of carbonyl (C=O) groups excluding carboxylic acids is 1. The Hall–Kier alpha value is -3.77. The van der Waals surface area contributed by atoms with Crippen molar-refractivity contribution < 1.29 is 19.4 Å². The molecule has 11 heteroatoms. The Morgan fingerprint density at radius 2 is 1.61 bits per heavy atom. The number of rotatable bonds is 10. The highest BCUT2D eigenvalue weighted by atomic mass is 32.2. The van der Waals surface area contributed by atoms with Crippen molar-refractivity contribution in [2.75, 3.05) is 5.75 Å². The molecule has 0 spiro atoms. The molecule has 0 radical (unpaired) electrons. The number of ether oxygens (including phenoxy) is 2. The zero-order chi connectivity index (χ0) is 33.4. The lowest BCUT2D eigenvalue weighted by molar-refractivity contribution is -0.245. The molecule has 1 aromatic heterocycles. The lowest BCUT2D eigenvalue weighted by Crippen LogP contribution is -2.61. The van der Waals surface area contributed by atoms with Gasteiger partial charge in [0, 0.05) is 36.9 Å². The summed E-state index contributed by atoms with van der Waals surface area (Å²) in [4.78, 5) is 13.2. The molecule has 2 heterocycles. The molecular weight excluding hydrogens is 637 g/mol. The van der Waals surface area contributed by atoms with Crippen LogP contribution in [0.5, 0.6) is 0 Å². The zero-order valence-corrected chi connectivity index (χ0v) is 28.6. The molecule has 4 aliphatic carbocycles. The van der Waals surface area contributed by atoms with Gasteiger partial charge in [0.15, 0.2) is 6.29 Å². The monoisotopic (exact) mass is 680 g/mol. The van der Waals surface area contributed by atoms with Crippen LogP contribution in [0.3, 0.4) is 0 Å². The smallest absolute Gasteiger partial charge is 0.315 e. The number of aliphatic hydroxyl groups is 1. The second-order valence-corrected chi connectivity index (χ2v) is 15.5. The average Bonchev–Trinajstić information content (AvgIpc) is 3.53. The SMILES string of the molecule is Cn1nnnc1SCC1CC(c2ccc(CO)cc2)OC(c2ccc(-c3ccccc3CNC(=O)NC34CC5CC(CC(C5)C3)C4)cc2)O1. The third kappa shape index (κ3) is 7.12. The van der Waals surface area contributed by atoms with Gasteiger partial charge in [0.25, 0.3) is 0 Å². The van der Waals surface area contributed by atoms with E-state index in [1.54, 1.807) is 16.4 Å². The van der Waals surface area contributed by atoms with E-state index in [0.29, 0.717) is 18.7 Å². The van der Waals surface area contributed by atoms with Crippen LogP contribution in [-0.4, -0.2) is 48.7 Å². The van der Waals surface area contributed by atoms with E-state index < -0.39 is 6.29 Å². The number of nitrogens with zero attached hydrogens (tertiary/aromatic N) is 4. The number of tetrazole rings is 1. The molecule has 5 fully saturated rings. The first-order valence-corrected chi connectivity index (χ1v) is 18.5. The van der Waals surface area contributed by atoms with E-state index >= 15 is 0 Å². The first kappa shape index (κ1) is 32.4. The van der Waals surface area contributed by atoms with Crippen molar-refractivity contribution in [3.05, 3.63) is 95.1 Å². The first-order valence-electron chi connectivity index (χ1n) is 17.5. The summed E-state index contributed by atoms with van der Waals surface area (Å²) in [6, 6.07) is 24.5. The largest absolute Gasteiger partial charge is 0.392 e. The van der Waals surface area contributed by atoms with Crippen molar-refractivity contribution in [2.24, 2.45) is 24.8 Å². The topological polar surface area (TPSA) is 123 Å². The highest BCUT2D eigenvalue weighted by molar-refractivity contribution is 7.99. The van der Waals surface area contributed by atoms with Gasteiger partial charge in [-0.1, -0.05) is 84.6 Å². The maximum atomic E-state index is 13.2. The van der Waals surface area contributed by atoms with Crippen molar-refractivity contribution in [3.63, 3.8) is 0 Å². The second-order valence-electron chi connectivity index (χ2n) is 14.5. The third-order valence-electron chi connectivity index (χ3n) is 11.0. The quantitative estimate of drug-likeness (QED) is 0.163. The minimum absolute atomic E-state index is 0.00309. The molecule has 3 N–H and O–H groups in total.